The van der Waals surface area contributed by atoms with Gasteiger partial charge in [0.15, 0.2) is 0 Å². The van der Waals surface area contributed by atoms with Crippen LogP contribution in [-0.2, 0) is 6.54 Å². The van der Waals surface area contributed by atoms with Gasteiger partial charge >= 0.3 is 0 Å². The standard InChI is InChI=1S/C21H19BrN2O2/c1-14-5-3-6-16(11-14)13-24-10-4-7-18(21(24)26)20(25)23-17-8-9-19(22)15(2)12-17/h3-12H,13H2,1-2H3,(H,23,25). The number of carbonyl (C=O) groups excluding carboxylic acids is 1. The highest BCUT2D eigenvalue weighted by Gasteiger charge is 2.13. The van der Waals surface area contributed by atoms with Crippen molar-refractivity contribution in [3.63, 3.8) is 0 Å². The number of nitrogens with one attached hydrogen (secondary N) is 1. The minimum Gasteiger partial charge on any atom is -0.322 e. The van der Waals surface area contributed by atoms with Crippen molar-refractivity contribution in [3.8, 4) is 0 Å². The lowest BCUT2D eigenvalue weighted by Crippen LogP contribution is -2.29. The van der Waals surface area contributed by atoms with E-state index in [1.54, 1.807) is 29.0 Å². The van der Waals surface area contributed by atoms with Gasteiger partial charge in [0, 0.05) is 16.4 Å². The summed E-state index contributed by atoms with van der Waals surface area (Å²) in [6, 6.07) is 16.8. The number of rotatable bonds is 4. The Labute approximate surface area is 160 Å². The first-order valence-electron chi connectivity index (χ1n) is 8.26. The van der Waals surface area contributed by atoms with E-state index in [0.717, 1.165) is 21.2 Å². The number of anilines is 1. The molecule has 0 saturated heterocycles. The van der Waals surface area contributed by atoms with E-state index in [2.05, 4.69) is 21.2 Å². The number of nitrogens with zero attached hydrogens (tertiary/aromatic N) is 1. The monoisotopic (exact) mass is 410 g/mol. The topological polar surface area (TPSA) is 51.1 Å². The molecule has 132 valence electrons. The lowest BCUT2D eigenvalue weighted by molar-refractivity contribution is 0.102. The zero-order chi connectivity index (χ0) is 18.7. The molecule has 0 aliphatic rings. The zero-order valence-corrected chi connectivity index (χ0v) is 16.2. The number of hydrogen-bond donors (Lipinski definition) is 1. The molecule has 3 aromatic rings. The maximum absolute atomic E-state index is 12.7. The van der Waals surface area contributed by atoms with Gasteiger partial charge in [-0.3, -0.25) is 9.59 Å². The summed E-state index contributed by atoms with van der Waals surface area (Å²) in [5.74, 6) is -0.407. The van der Waals surface area contributed by atoms with Gasteiger partial charge in [0.2, 0.25) is 0 Å². The van der Waals surface area contributed by atoms with Crippen molar-refractivity contribution in [3.05, 3.63) is 97.9 Å². The molecule has 0 saturated carbocycles. The largest absolute Gasteiger partial charge is 0.322 e. The summed E-state index contributed by atoms with van der Waals surface area (Å²) in [5.41, 5.74) is 3.64. The number of pyridine rings is 1. The van der Waals surface area contributed by atoms with Crippen LogP contribution in [0.4, 0.5) is 5.69 Å². The first kappa shape index (κ1) is 18.1. The number of amides is 1. The summed E-state index contributed by atoms with van der Waals surface area (Å²) in [6.07, 6.45) is 1.70. The first-order valence-corrected chi connectivity index (χ1v) is 9.06. The molecule has 0 atom stereocenters. The van der Waals surface area contributed by atoms with Gasteiger partial charge in [0.05, 0.1) is 6.54 Å². The van der Waals surface area contributed by atoms with Crippen LogP contribution in [0.1, 0.15) is 27.0 Å². The third kappa shape index (κ3) is 4.11. The zero-order valence-electron chi connectivity index (χ0n) is 14.6. The highest BCUT2D eigenvalue weighted by molar-refractivity contribution is 9.10. The van der Waals surface area contributed by atoms with Crippen LogP contribution in [0, 0.1) is 13.8 Å². The molecule has 0 radical (unpaired) electrons. The van der Waals surface area contributed by atoms with Crippen LogP contribution in [-0.4, -0.2) is 10.5 Å². The molecule has 0 aliphatic carbocycles. The van der Waals surface area contributed by atoms with Crippen LogP contribution in [0.2, 0.25) is 0 Å². The lowest BCUT2D eigenvalue weighted by Gasteiger charge is -2.10. The van der Waals surface area contributed by atoms with E-state index in [1.807, 2.05) is 50.2 Å². The Hall–Kier alpha value is -2.66. The van der Waals surface area contributed by atoms with Crippen molar-refractivity contribution in [1.29, 1.82) is 0 Å². The number of aromatic nitrogens is 1. The van der Waals surface area contributed by atoms with E-state index >= 15 is 0 Å². The second-order valence-corrected chi connectivity index (χ2v) is 7.12. The van der Waals surface area contributed by atoms with Crippen molar-refractivity contribution >= 4 is 27.5 Å². The number of benzene rings is 2. The molecule has 2 aromatic carbocycles. The highest BCUT2D eigenvalue weighted by Crippen LogP contribution is 2.20. The van der Waals surface area contributed by atoms with Gasteiger partial charge in [0.1, 0.15) is 5.56 Å². The minimum atomic E-state index is -0.407. The van der Waals surface area contributed by atoms with Crippen LogP contribution < -0.4 is 10.9 Å². The van der Waals surface area contributed by atoms with E-state index in [0.29, 0.717) is 12.2 Å². The fourth-order valence-corrected chi connectivity index (χ4v) is 3.01. The highest BCUT2D eigenvalue weighted by atomic mass is 79.9. The van der Waals surface area contributed by atoms with Crippen LogP contribution in [0.15, 0.2) is 70.1 Å². The third-order valence-electron chi connectivity index (χ3n) is 4.12. The van der Waals surface area contributed by atoms with Crippen molar-refractivity contribution in [2.45, 2.75) is 20.4 Å². The summed E-state index contributed by atoms with van der Waals surface area (Å²) >= 11 is 3.43. The molecule has 1 N–H and O–H groups in total. The third-order valence-corrected chi connectivity index (χ3v) is 5.01. The summed E-state index contributed by atoms with van der Waals surface area (Å²) < 4.78 is 2.52. The molecule has 0 unspecified atom stereocenters. The Morgan fingerprint density at radius 1 is 1.08 bits per heavy atom. The second kappa shape index (κ2) is 7.70. The molecule has 0 fully saturated rings. The average molecular weight is 411 g/mol. The van der Waals surface area contributed by atoms with Gasteiger partial charge in [-0.25, -0.2) is 0 Å². The van der Waals surface area contributed by atoms with Gasteiger partial charge in [-0.2, -0.15) is 0 Å². The maximum atomic E-state index is 12.7. The Balaban J connectivity index is 1.85. The first-order chi connectivity index (χ1) is 12.4. The quantitative estimate of drug-likeness (QED) is 0.686. The van der Waals surface area contributed by atoms with E-state index in [4.69, 9.17) is 0 Å². The molecule has 1 aromatic heterocycles. The van der Waals surface area contributed by atoms with Crippen molar-refractivity contribution in [1.82, 2.24) is 4.57 Å². The average Bonchev–Trinajstić information content (AvgIpc) is 2.60. The maximum Gasteiger partial charge on any atom is 0.263 e. The summed E-state index contributed by atoms with van der Waals surface area (Å²) in [5, 5.41) is 2.79. The van der Waals surface area contributed by atoms with Crippen LogP contribution in [0.3, 0.4) is 0 Å². The molecule has 0 spiro atoms. The predicted molar refractivity (Wildman–Crippen MR) is 108 cm³/mol. The van der Waals surface area contributed by atoms with Gasteiger partial charge < -0.3 is 9.88 Å². The normalized spacial score (nSPS) is 10.6. The molecule has 0 bridgehead atoms. The van der Waals surface area contributed by atoms with E-state index < -0.39 is 5.91 Å². The molecule has 4 nitrogen and oxygen atoms in total. The van der Waals surface area contributed by atoms with Crippen molar-refractivity contribution < 1.29 is 4.79 Å². The smallest absolute Gasteiger partial charge is 0.263 e. The summed E-state index contributed by atoms with van der Waals surface area (Å²) in [6.45, 7) is 4.38. The molecule has 1 heterocycles. The fraction of sp³-hybridized carbons (Fsp3) is 0.143. The van der Waals surface area contributed by atoms with Crippen molar-refractivity contribution in [2.75, 3.05) is 5.32 Å². The van der Waals surface area contributed by atoms with Crippen LogP contribution >= 0.6 is 15.9 Å². The predicted octanol–water partition coefficient (Wildman–Crippen LogP) is 4.53. The Kier molecular flexibility index (Phi) is 5.38. The van der Waals surface area contributed by atoms with Gasteiger partial charge in [-0.1, -0.05) is 45.8 Å². The van der Waals surface area contributed by atoms with Crippen LogP contribution in [0.5, 0.6) is 0 Å². The van der Waals surface area contributed by atoms with E-state index in [1.165, 1.54) is 0 Å². The van der Waals surface area contributed by atoms with Gasteiger partial charge in [-0.05, 0) is 55.3 Å². The Morgan fingerprint density at radius 2 is 1.88 bits per heavy atom. The summed E-state index contributed by atoms with van der Waals surface area (Å²) in [7, 11) is 0. The number of hydrogen-bond acceptors (Lipinski definition) is 2. The molecule has 3 rings (SSSR count). The summed E-state index contributed by atoms with van der Waals surface area (Å²) in [4.78, 5) is 25.3. The van der Waals surface area contributed by atoms with Crippen molar-refractivity contribution in [2.24, 2.45) is 0 Å². The van der Waals surface area contributed by atoms with Crippen LogP contribution in [0.25, 0.3) is 0 Å². The minimum absolute atomic E-state index is 0.126. The van der Waals surface area contributed by atoms with Gasteiger partial charge in [0.25, 0.3) is 11.5 Å². The second-order valence-electron chi connectivity index (χ2n) is 6.26. The molecule has 26 heavy (non-hydrogen) atoms. The molecule has 1 amide bonds. The Morgan fingerprint density at radius 3 is 2.62 bits per heavy atom. The lowest BCUT2D eigenvalue weighted by atomic mass is 10.1. The molecular weight excluding hydrogens is 392 g/mol. The van der Waals surface area contributed by atoms with E-state index in [9.17, 15) is 9.59 Å². The van der Waals surface area contributed by atoms with E-state index in [-0.39, 0.29) is 11.1 Å². The molecule has 5 heteroatoms. The number of halogens is 1. The molecule has 0 aliphatic heterocycles. The molecular formula is C21H19BrN2O2. The fourth-order valence-electron chi connectivity index (χ4n) is 2.76. The SMILES string of the molecule is Cc1cccc(Cn2cccc(C(=O)Nc3ccc(Br)c(C)c3)c2=O)c1. The number of aryl methyl sites for hydroxylation is 2. The number of carbonyl (C=O) groups is 1. The Bertz CT molecular complexity index is 1020. The van der Waals surface area contributed by atoms with Gasteiger partial charge in [-0.15, -0.1) is 0 Å².